The van der Waals surface area contributed by atoms with Crippen molar-refractivity contribution >= 4 is 29.1 Å². The van der Waals surface area contributed by atoms with Gasteiger partial charge in [0.05, 0.1) is 6.54 Å². The number of hydrogen-bond donors (Lipinski definition) is 1. The van der Waals surface area contributed by atoms with Gasteiger partial charge in [-0.1, -0.05) is 36.2 Å². The fourth-order valence-electron chi connectivity index (χ4n) is 1.64. The SMILES string of the molecule is CCNC(=O)CN(CC)Cc1c(Cl)cccc1Cl. The summed E-state index contributed by atoms with van der Waals surface area (Å²) in [5, 5.41) is 4.05. The molecule has 1 rings (SSSR count). The van der Waals surface area contributed by atoms with Crippen LogP contribution in [0, 0.1) is 0 Å². The number of carbonyl (C=O) groups is 1. The van der Waals surface area contributed by atoms with E-state index in [0.717, 1.165) is 12.1 Å². The van der Waals surface area contributed by atoms with Gasteiger partial charge >= 0.3 is 0 Å². The van der Waals surface area contributed by atoms with E-state index in [1.54, 1.807) is 0 Å². The third-order valence-corrected chi connectivity index (χ3v) is 3.34. The van der Waals surface area contributed by atoms with Crippen molar-refractivity contribution in [1.82, 2.24) is 10.2 Å². The average Bonchev–Trinajstić information content (AvgIpc) is 2.33. The van der Waals surface area contributed by atoms with Crippen molar-refractivity contribution in [3.63, 3.8) is 0 Å². The molecule has 100 valence electrons. The Morgan fingerprint density at radius 3 is 2.39 bits per heavy atom. The molecule has 1 amide bonds. The van der Waals surface area contributed by atoms with Gasteiger partial charge in [-0.3, -0.25) is 9.69 Å². The number of amides is 1. The quantitative estimate of drug-likeness (QED) is 0.873. The summed E-state index contributed by atoms with van der Waals surface area (Å²) in [6.07, 6.45) is 0. The number of hydrogen-bond acceptors (Lipinski definition) is 2. The van der Waals surface area contributed by atoms with Crippen LogP contribution in [0.25, 0.3) is 0 Å². The number of benzene rings is 1. The number of nitrogens with one attached hydrogen (secondary N) is 1. The number of rotatable bonds is 6. The summed E-state index contributed by atoms with van der Waals surface area (Å²) in [5.74, 6) is 0.0162. The first-order valence-electron chi connectivity index (χ1n) is 6.00. The monoisotopic (exact) mass is 288 g/mol. The average molecular weight is 289 g/mol. The van der Waals surface area contributed by atoms with Crippen molar-refractivity contribution in [2.24, 2.45) is 0 Å². The van der Waals surface area contributed by atoms with Crippen LogP contribution in [0.5, 0.6) is 0 Å². The van der Waals surface area contributed by atoms with Crippen LogP contribution in [0.15, 0.2) is 18.2 Å². The lowest BCUT2D eigenvalue weighted by atomic mass is 10.2. The molecule has 0 aliphatic rings. The van der Waals surface area contributed by atoms with Crippen molar-refractivity contribution in [3.8, 4) is 0 Å². The normalized spacial score (nSPS) is 10.7. The first-order valence-corrected chi connectivity index (χ1v) is 6.76. The summed E-state index contributed by atoms with van der Waals surface area (Å²) in [5.41, 5.74) is 0.868. The van der Waals surface area contributed by atoms with E-state index in [1.165, 1.54) is 0 Å². The van der Waals surface area contributed by atoms with E-state index in [1.807, 2.05) is 36.9 Å². The van der Waals surface area contributed by atoms with E-state index < -0.39 is 0 Å². The third-order valence-electron chi connectivity index (χ3n) is 2.63. The van der Waals surface area contributed by atoms with Crippen molar-refractivity contribution in [2.45, 2.75) is 20.4 Å². The first kappa shape index (κ1) is 15.3. The fraction of sp³-hybridized carbons (Fsp3) is 0.462. The molecule has 1 N–H and O–H groups in total. The van der Waals surface area contributed by atoms with E-state index in [-0.39, 0.29) is 5.91 Å². The summed E-state index contributed by atoms with van der Waals surface area (Å²) in [4.78, 5) is 13.6. The van der Waals surface area contributed by atoms with Crippen LogP contribution in [-0.2, 0) is 11.3 Å². The molecule has 0 saturated carbocycles. The second-order valence-corrected chi connectivity index (χ2v) is 4.77. The molecule has 0 aliphatic carbocycles. The molecular weight excluding hydrogens is 271 g/mol. The molecule has 0 radical (unpaired) electrons. The molecule has 0 bridgehead atoms. The van der Waals surface area contributed by atoms with Crippen molar-refractivity contribution in [3.05, 3.63) is 33.8 Å². The van der Waals surface area contributed by atoms with Gasteiger partial charge in [0.15, 0.2) is 0 Å². The molecular formula is C13H18Cl2N2O. The van der Waals surface area contributed by atoms with Gasteiger partial charge in [-0.25, -0.2) is 0 Å². The van der Waals surface area contributed by atoms with E-state index >= 15 is 0 Å². The van der Waals surface area contributed by atoms with E-state index in [4.69, 9.17) is 23.2 Å². The molecule has 0 atom stereocenters. The predicted molar refractivity (Wildman–Crippen MR) is 76.1 cm³/mol. The highest BCUT2D eigenvalue weighted by Crippen LogP contribution is 2.25. The lowest BCUT2D eigenvalue weighted by molar-refractivity contribution is -0.122. The van der Waals surface area contributed by atoms with Crippen LogP contribution in [0.4, 0.5) is 0 Å². The summed E-state index contributed by atoms with van der Waals surface area (Å²) >= 11 is 12.2. The highest BCUT2D eigenvalue weighted by Gasteiger charge is 2.13. The minimum atomic E-state index is 0.0162. The molecule has 0 heterocycles. The smallest absolute Gasteiger partial charge is 0.234 e. The van der Waals surface area contributed by atoms with Crippen LogP contribution in [-0.4, -0.2) is 30.4 Å². The highest BCUT2D eigenvalue weighted by molar-refractivity contribution is 6.35. The molecule has 0 unspecified atom stereocenters. The maximum atomic E-state index is 11.6. The van der Waals surface area contributed by atoms with Crippen LogP contribution in [0.1, 0.15) is 19.4 Å². The maximum absolute atomic E-state index is 11.6. The molecule has 0 aromatic heterocycles. The predicted octanol–water partition coefficient (Wildman–Crippen LogP) is 2.95. The number of carbonyl (C=O) groups excluding carboxylic acids is 1. The second kappa shape index (κ2) is 7.62. The van der Waals surface area contributed by atoms with E-state index in [0.29, 0.717) is 29.7 Å². The minimum Gasteiger partial charge on any atom is -0.355 e. The highest BCUT2D eigenvalue weighted by atomic mass is 35.5. The molecule has 5 heteroatoms. The van der Waals surface area contributed by atoms with Crippen LogP contribution in [0.2, 0.25) is 10.0 Å². The van der Waals surface area contributed by atoms with Gasteiger partial charge in [-0.15, -0.1) is 0 Å². The van der Waals surface area contributed by atoms with Gasteiger partial charge in [0.1, 0.15) is 0 Å². The zero-order chi connectivity index (χ0) is 13.5. The van der Waals surface area contributed by atoms with Gasteiger partial charge in [0, 0.05) is 28.7 Å². The number of likely N-dealkylation sites (N-methyl/N-ethyl adjacent to an activating group) is 2. The Morgan fingerprint density at radius 1 is 1.28 bits per heavy atom. The molecule has 0 saturated heterocycles. The lowest BCUT2D eigenvalue weighted by Gasteiger charge is -2.21. The zero-order valence-corrected chi connectivity index (χ0v) is 12.2. The van der Waals surface area contributed by atoms with Gasteiger partial charge in [0.2, 0.25) is 5.91 Å². The Labute approximate surface area is 118 Å². The molecule has 0 spiro atoms. The lowest BCUT2D eigenvalue weighted by Crippen LogP contribution is -2.36. The van der Waals surface area contributed by atoms with Gasteiger partial charge in [-0.2, -0.15) is 0 Å². The minimum absolute atomic E-state index is 0.0162. The Bertz CT molecular complexity index is 390. The first-order chi connectivity index (χ1) is 8.58. The molecule has 1 aromatic carbocycles. The Balaban J connectivity index is 2.71. The topological polar surface area (TPSA) is 32.3 Å². The molecule has 3 nitrogen and oxygen atoms in total. The van der Waals surface area contributed by atoms with Crippen molar-refractivity contribution in [1.29, 1.82) is 0 Å². The van der Waals surface area contributed by atoms with Crippen LogP contribution < -0.4 is 5.32 Å². The summed E-state index contributed by atoms with van der Waals surface area (Å²) in [7, 11) is 0. The molecule has 18 heavy (non-hydrogen) atoms. The van der Waals surface area contributed by atoms with Gasteiger partial charge in [0.25, 0.3) is 0 Å². The third kappa shape index (κ3) is 4.48. The fourth-order valence-corrected chi connectivity index (χ4v) is 2.16. The van der Waals surface area contributed by atoms with Crippen molar-refractivity contribution < 1.29 is 4.79 Å². The number of nitrogens with zero attached hydrogens (tertiary/aromatic N) is 1. The number of halogens is 2. The maximum Gasteiger partial charge on any atom is 0.234 e. The Kier molecular flexibility index (Phi) is 6.47. The zero-order valence-electron chi connectivity index (χ0n) is 10.7. The van der Waals surface area contributed by atoms with E-state index in [9.17, 15) is 4.79 Å². The molecule has 1 aromatic rings. The molecule has 0 fully saturated rings. The Morgan fingerprint density at radius 2 is 1.89 bits per heavy atom. The van der Waals surface area contributed by atoms with Crippen LogP contribution >= 0.6 is 23.2 Å². The molecule has 0 aliphatic heterocycles. The summed E-state index contributed by atoms with van der Waals surface area (Å²) < 4.78 is 0. The second-order valence-electron chi connectivity index (χ2n) is 3.96. The summed E-state index contributed by atoms with van der Waals surface area (Å²) in [6, 6.07) is 5.43. The van der Waals surface area contributed by atoms with Crippen molar-refractivity contribution in [2.75, 3.05) is 19.6 Å². The largest absolute Gasteiger partial charge is 0.355 e. The van der Waals surface area contributed by atoms with E-state index in [2.05, 4.69) is 5.32 Å². The van der Waals surface area contributed by atoms with Gasteiger partial charge in [-0.05, 0) is 25.6 Å². The Hall–Kier alpha value is -0.770. The summed E-state index contributed by atoms with van der Waals surface area (Å²) in [6.45, 7) is 6.24. The van der Waals surface area contributed by atoms with Gasteiger partial charge < -0.3 is 5.32 Å². The standard InChI is InChI=1S/C13H18Cl2N2O/c1-3-16-13(18)9-17(4-2)8-10-11(14)6-5-7-12(10)15/h5-7H,3-4,8-9H2,1-2H3,(H,16,18). The van der Waals surface area contributed by atoms with Crippen LogP contribution in [0.3, 0.4) is 0 Å².